The number of benzene rings is 3. The number of carbonyl (C=O) groups is 2. The number of rotatable bonds is 12. The van der Waals surface area contributed by atoms with E-state index in [0.717, 1.165) is 21.9 Å². The highest BCUT2D eigenvalue weighted by molar-refractivity contribution is 7.92. The SMILES string of the molecule is CCCNC(=O)[C@@H](CC)N(Cc1ccc(Cl)c(Cl)c1)C(=O)CN(c1ccc(C)c(Cl)c1)S(=O)(=O)c1ccc(C)cc1. The number of amides is 2. The van der Waals surface area contributed by atoms with Crippen LogP contribution in [0.1, 0.15) is 43.4 Å². The van der Waals surface area contributed by atoms with Gasteiger partial charge >= 0.3 is 0 Å². The molecule has 11 heteroatoms. The Morgan fingerprint density at radius 2 is 1.56 bits per heavy atom. The molecule has 0 fully saturated rings. The van der Waals surface area contributed by atoms with Crippen molar-refractivity contribution < 1.29 is 18.0 Å². The molecule has 2 amide bonds. The molecule has 0 aliphatic heterocycles. The van der Waals surface area contributed by atoms with Crippen molar-refractivity contribution in [3.63, 3.8) is 0 Å². The first-order valence-corrected chi connectivity index (χ1v) is 15.8. The van der Waals surface area contributed by atoms with Crippen LogP contribution in [0.4, 0.5) is 5.69 Å². The van der Waals surface area contributed by atoms with Gasteiger partial charge in [-0.3, -0.25) is 13.9 Å². The Labute approximate surface area is 257 Å². The lowest BCUT2D eigenvalue weighted by molar-refractivity contribution is -0.140. The number of sulfonamides is 1. The zero-order valence-electron chi connectivity index (χ0n) is 23.5. The Hall–Kier alpha value is -2.78. The maximum Gasteiger partial charge on any atom is 0.264 e. The van der Waals surface area contributed by atoms with Gasteiger partial charge in [0, 0.05) is 18.1 Å². The van der Waals surface area contributed by atoms with E-state index in [4.69, 9.17) is 34.8 Å². The van der Waals surface area contributed by atoms with Gasteiger partial charge in [0.25, 0.3) is 10.0 Å². The molecule has 41 heavy (non-hydrogen) atoms. The Bertz CT molecular complexity index is 1500. The lowest BCUT2D eigenvalue weighted by atomic mass is 10.1. The van der Waals surface area contributed by atoms with Gasteiger partial charge in [-0.15, -0.1) is 0 Å². The van der Waals surface area contributed by atoms with Crippen LogP contribution in [0.2, 0.25) is 15.1 Å². The number of anilines is 1. The standard InChI is InChI=1S/C30H34Cl3N3O4S/c1-5-15-34-30(38)28(6-2)35(18-22-10-14-25(31)27(33)16-22)29(37)19-36(23-11-9-21(4)26(32)17-23)41(39,40)24-12-7-20(3)8-13-24/h7-14,16-17,28H,5-6,15,18-19H2,1-4H3,(H,34,38)/t28-/m1/s1. The van der Waals surface area contributed by atoms with Crippen molar-refractivity contribution >= 4 is 62.3 Å². The minimum absolute atomic E-state index is 0.0147. The van der Waals surface area contributed by atoms with Gasteiger partial charge in [-0.2, -0.15) is 0 Å². The molecule has 3 aromatic carbocycles. The number of halogens is 3. The maximum absolute atomic E-state index is 14.1. The lowest BCUT2D eigenvalue weighted by Crippen LogP contribution is -2.52. The summed E-state index contributed by atoms with van der Waals surface area (Å²) in [5, 5.41) is 3.87. The molecule has 3 aromatic rings. The highest BCUT2D eigenvalue weighted by Gasteiger charge is 2.33. The van der Waals surface area contributed by atoms with Crippen molar-refractivity contribution in [3.05, 3.63) is 92.4 Å². The van der Waals surface area contributed by atoms with Crippen LogP contribution in [0.15, 0.2) is 65.6 Å². The molecule has 0 bridgehead atoms. The topological polar surface area (TPSA) is 86.8 Å². The lowest BCUT2D eigenvalue weighted by Gasteiger charge is -2.33. The van der Waals surface area contributed by atoms with Gasteiger partial charge in [0.2, 0.25) is 11.8 Å². The largest absolute Gasteiger partial charge is 0.354 e. The average Bonchev–Trinajstić information content (AvgIpc) is 2.94. The molecule has 7 nitrogen and oxygen atoms in total. The van der Waals surface area contributed by atoms with E-state index in [9.17, 15) is 18.0 Å². The molecule has 0 heterocycles. The normalized spacial score (nSPS) is 12.1. The van der Waals surface area contributed by atoms with Crippen molar-refractivity contribution in [2.45, 2.75) is 58.0 Å². The monoisotopic (exact) mass is 637 g/mol. The molecule has 0 saturated carbocycles. The number of nitrogens with one attached hydrogen (secondary N) is 1. The quantitative estimate of drug-likeness (QED) is 0.237. The van der Waals surface area contributed by atoms with Crippen molar-refractivity contribution in [1.29, 1.82) is 0 Å². The molecular formula is C30H34Cl3N3O4S. The van der Waals surface area contributed by atoms with E-state index in [1.165, 1.54) is 23.1 Å². The van der Waals surface area contributed by atoms with Crippen molar-refractivity contribution in [2.75, 3.05) is 17.4 Å². The second kappa shape index (κ2) is 14.4. The summed E-state index contributed by atoms with van der Waals surface area (Å²) < 4.78 is 28.9. The van der Waals surface area contributed by atoms with Crippen LogP contribution in [0.5, 0.6) is 0 Å². The van der Waals surface area contributed by atoms with Crippen LogP contribution >= 0.6 is 34.8 Å². The second-order valence-electron chi connectivity index (χ2n) is 9.74. The van der Waals surface area contributed by atoms with E-state index in [2.05, 4.69) is 5.32 Å². The number of hydrogen-bond donors (Lipinski definition) is 1. The average molecular weight is 639 g/mol. The summed E-state index contributed by atoms with van der Waals surface area (Å²) in [7, 11) is -4.19. The molecule has 0 aliphatic carbocycles. The fourth-order valence-electron chi connectivity index (χ4n) is 4.22. The van der Waals surface area contributed by atoms with Crippen LogP contribution in [-0.2, 0) is 26.2 Å². The summed E-state index contributed by atoms with van der Waals surface area (Å²) in [6.07, 6.45) is 1.03. The summed E-state index contributed by atoms with van der Waals surface area (Å²) in [4.78, 5) is 28.7. The van der Waals surface area contributed by atoms with Crippen molar-refractivity contribution in [2.24, 2.45) is 0 Å². The zero-order chi connectivity index (χ0) is 30.3. The Morgan fingerprint density at radius 1 is 0.878 bits per heavy atom. The van der Waals surface area contributed by atoms with Crippen LogP contribution in [-0.4, -0.2) is 44.3 Å². The predicted molar refractivity (Wildman–Crippen MR) is 166 cm³/mol. The molecule has 0 aromatic heterocycles. The highest BCUT2D eigenvalue weighted by atomic mass is 35.5. The molecule has 0 spiro atoms. The first-order chi connectivity index (χ1) is 19.4. The maximum atomic E-state index is 14.1. The number of carbonyl (C=O) groups excluding carboxylic acids is 2. The first kappa shape index (κ1) is 32.7. The van der Waals surface area contributed by atoms with E-state index in [1.54, 1.807) is 56.3 Å². The smallest absolute Gasteiger partial charge is 0.264 e. The molecule has 220 valence electrons. The molecule has 1 atom stereocenters. The van der Waals surface area contributed by atoms with Gasteiger partial charge in [-0.25, -0.2) is 8.42 Å². The van der Waals surface area contributed by atoms with Crippen LogP contribution in [0.25, 0.3) is 0 Å². The Morgan fingerprint density at radius 3 is 2.15 bits per heavy atom. The zero-order valence-corrected chi connectivity index (χ0v) is 26.5. The van der Waals surface area contributed by atoms with Crippen LogP contribution in [0, 0.1) is 13.8 Å². The summed E-state index contributed by atoms with van der Waals surface area (Å²) in [5.41, 5.74) is 2.52. The molecule has 0 radical (unpaired) electrons. The Kier molecular flexibility index (Phi) is 11.5. The van der Waals surface area contributed by atoms with Crippen LogP contribution < -0.4 is 9.62 Å². The van der Waals surface area contributed by atoms with Crippen LogP contribution in [0.3, 0.4) is 0 Å². The van der Waals surface area contributed by atoms with Gasteiger partial charge < -0.3 is 10.2 Å². The third-order valence-electron chi connectivity index (χ3n) is 6.60. The highest BCUT2D eigenvalue weighted by Crippen LogP contribution is 2.29. The molecule has 0 saturated heterocycles. The van der Waals surface area contributed by atoms with E-state index in [1.807, 2.05) is 13.8 Å². The predicted octanol–water partition coefficient (Wildman–Crippen LogP) is 6.79. The minimum Gasteiger partial charge on any atom is -0.354 e. The first-order valence-electron chi connectivity index (χ1n) is 13.3. The van der Waals surface area contributed by atoms with Gasteiger partial charge in [-0.1, -0.05) is 78.5 Å². The molecule has 1 N–H and O–H groups in total. The van der Waals surface area contributed by atoms with E-state index in [-0.39, 0.29) is 23.0 Å². The summed E-state index contributed by atoms with van der Waals surface area (Å²) in [6, 6.07) is 15.3. The molecule has 0 unspecified atom stereocenters. The van der Waals surface area contributed by atoms with Gasteiger partial charge in [0.15, 0.2) is 0 Å². The summed E-state index contributed by atoms with van der Waals surface area (Å²) in [6.45, 7) is 7.28. The fraction of sp³-hybridized carbons (Fsp3) is 0.333. The van der Waals surface area contributed by atoms with E-state index >= 15 is 0 Å². The van der Waals surface area contributed by atoms with E-state index in [0.29, 0.717) is 33.6 Å². The third kappa shape index (κ3) is 8.16. The minimum atomic E-state index is -4.19. The van der Waals surface area contributed by atoms with Gasteiger partial charge in [0.1, 0.15) is 12.6 Å². The number of nitrogens with zero attached hydrogens (tertiary/aromatic N) is 2. The van der Waals surface area contributed by atoms with Gasteiger partial charge in [-0.05, 0) is 74.2 Å². The number of aryl methyl sites for hydroxylation is 2. The molecule has 3 rings (SSSR count). The molecule has 0 aliphatic rings. The summed E-state index contributed by atoms with van der Waals surface area (Å²) in [5.74, 6) is -0.893. The van der Waals surface area contributed by atoms with Crippen molar-refractivity contribution in [1.82, 2.24) is 10.2 Å². The second-order valence-corrected chi connectivity index (χ2v) is 12.8. The number of hydrogen-bond acceptors (Lipinski definition) is 4. The summed E-state index contributed by atoms with van der Waals surface area (Å²) >= 11 is 18.7. The van der Waals surface area contributed by atoms with E-state index < -0.39 is 28.5 Å². The Balaban J connectivity index is 2.09. The molecular weight excluding hydrogens is 605 g/mol. The van der Waals surface area contributed by atoms with Gasteiger partial charge in [0.05, 0.1) is 20.6 Å². The van der Waals surface area contributed by atoms with Crippen molar-refractivity contribution in [3.8, 4) is 0 Å². The third-order valence-corrected chi connectivity index (χ3v) is 9.54. The fourth-order valence-corrected chi connectivity index (χ4v) is 6.12.